The van der Waals surface area contributed by atoms with Crippen LogP contribution in [0.2, 0.25) is 0 Å². The molecule has 0 unspecified atom stereocenters. The molecule has 9 heteroatoms. The van der Waals surface area contributed by atoms with Crippen LogP contribution < -0.4 is 0 Å². The van der Waals surface area contributed by atoms with Crippen molar-refractivity contribution >= 4 is 27.1 Å². The second-order valence-corrected chi connectivity index (χ2v) is 11.5. The summed E-state index contributed by atoms with van der Waals surface area (Å²) in [7, 11) is -3.14. The molecule has 2 aliphatic heterocycles. The fourth-order valence-electron chi connectivity index (χ4n) is 4.42. The van der Waals surface area contributed by atoms with Crippen LogP contribution in [-0.2, 0) is 14.6 Å². The van der Waals surface area contributed by atoms with Crippen molar-refractivity contribution in [3.8, 4) is 16.3 Å². The Morgan fingerprint density at radius 3 is 2.69 bits per heavy atom. The number of hydrogen-bond donors (Lipinski definition) is 0. The molecule has 1 amide bonds. The van der Waals surface area contributed by atoms with Gasteiger partial charge in [-0.2, -0.15) is 5.10 Å². The van der Waals surface area contributed by atoms with Crippen molar-refractivity contribution < 1.29 is 17.9 Å². The first-order chi connectivity index (χ1) is 15.5. The van der Waals surface area contributed by atoms with Crippen molar-refractivity contribution in [3.63, 3.8) is 0 Å². The minimum Gasteiger partial charge on any atom is -0.376 e. The van der Waals surface area contributed by atoms with Gasteiger partial charge < -0.3 is 9.64 Å². The summed E-state index contributed by atoms with van der Waals surface area (Å²) < 4.78 is 31.9. The SMILES string of the molecule is O=C(c1cc(-c2cccs2)nn1-c1ccccc1)N(C[C@H]1CCCO1)[C@@H]1CCS(=O)(=O)C1. The molecule has 2 saturated heterocycles. The number of carbonyl (C=O) groups is 1. The number of aromatic nitrogens is 2. The van der Waals surface area contributed by atoms with E-state index in [4.69, 9.17) is 9.84 Å². The molecule has 0 bridgehead atoms. The van der Waals surface area contributed by atoms with Crippen molar-refractivity contribution in [1.29, 1.82) is 0 Å². The Labute approximate surface area is 191 Å². The Kier molecular flexibility index (Phi) is 5.88. The normalized spacial score (nSPS) is 22.2. The maximum Gasteiger partial charge on any atom is 0.272 e. The van der Waals surface area contributed by atoms with Crippen molar-refractivity contribution in [2.24, 2.45) is 0 Å². The second kappa shape index (κ2) is 8.80. The summed E-state index contributed by atoms with van der Waals surface area (Å²) in [6.45, 7) is 1.08. The van der Waals surface area contributed by atoms with Crippen LogP contribution in [-0.4, -0.2) is 65.8 Å². The van der Waals surface area contributed by atoms with Crippen molar-refractivity contribution in [3.05, 3.63) is 59.6 Å². The monoisotopic (exact) mass is 471 g/mol. The Morgan fingerprint density at radius 2 is 2.03 bits per heavy atom. The zero-order chi connectivity index (χ0) is 22.1. The molecule has 32 heavy (non-hydrogen) atoms. The van der Waals surface area contributed by atoms with Gasteiger partial charge in [-0.25, -0.2) is 13.1 Å². The molecule has 0 aliphatic carbocycles. The fraction of sp³-hybridized carbons (Fsp3) is 0.391. The molecule has 0 radical (unpaired) electrons. The van der Waals surface area contributed by atoms with Gasteiger partial charge in [0.25, 0.3) is 5.91 Å². The first kappa shape index (κ1) is 21.4. The van der Waals surface area contributed by atoms with Gasteiger partial charge in [-0.15, -0.1) is 11.3 Å². The largest absolute Gasteiger partial charge is 0.376 e. The van der Waals surface area contributed by atoms with Crippen LogP contribution in [0.25, 0.3) is 16.3 Å². The summed E-state index contributed by atoms with van der Waals surface area (Å²) in [6, 6.07) is 14.9. The summed E-state index contributed by atoms with van der Waals surface area (Å²) in [6.07, 6.45) is 2.23. The molecule has 3 aromatic rings. The van der Waals surface area contributed by atoms with Gasteiger partial charge in [-0.3, -0.25) is 4.79 Å². The van der Waals surface area contributed by atoms with E-state index in [1.807, 2.05) is 53.9 Å². The van der Waals surface area contributed by atoms with E-state index in [2.05, 4.69) is 0 Å². The molecule has 168 valence electrons. The van der Waals surface area contributed by atoms with E-state index in [0.717, 1.165) is 29.1 Å². The molecule has 2 atom stereocenters. The lowest BCUT2D eigenvalue weighted by Gasteiger charge is -2.30. The maximum atomic E-state index is 13.9. The van der Waals surface area contributed by atoms with Gasteiger partial charge in [0, 0.05) is 19.2 Å². The number of nitrogens with zero attached hydrogens (tertiary/aromatic N) is 3. The summed E-state index contributed by atoms with van der Waals surface area (Å²) in [5.41, 5.74) is 1.94. The molecule has 2 aliphatic rings. The quantitative estimate of drug-likeness (QED) is 0.550. The number of hydrogen-bond acceptors (Lipinski definition) is 6. The highest BCUT2D eigenvalue weighted by atomic mass is 32.2. The van der Waals surface area contributed by atoms with Crippen LogP contribution in [0.15, 0.2) is 53.9 Å². The van der Waals surface area contributed by atoms with Crippen LogP contribution in [0, 0.1) is 0 Å². The highest BCUT2D eigenvalue weighted by Gasteiger charge is 2.38. The summed E-state index contributed by atoms with van der Waals surface area (Å²) in [4.78, 5) is 16.6. The molecule has 7 nitrogen and oxygen atoms in total. The fourth-order valence-corrected chi connectivity index (χ4v) is 6.83. The number of thiophene rings is 1. The standard InChI is InChI=1S/C23H25N3O4S2/c27-23(25(15-19-8-4-11-30-19)18-10-13-32(28,29)16-18)21-14-20(22-9-5-12-31-22)24-26(21)17-6-2-1-3-7-17/h1-3,5-7,9,12,14,18-19H,4,8,10-11,13,15-16H2/t18-,19-/m1/s1. The van der Waals surface area contributed by atoms with Gasteiger partial charge in [-0.1, -0.05) is 24.3 Å². The van der Waals surface area contributed by atoms with Crippen LogP contribution in [0.1, 0.15) is 29.8 Å². The van der Waals surface area contributed by atoms with E-state index in [0.29, 0.717) is 25.3 Å². The third kappa shape index (κ3) is 4.37. The topological polar surface area (TPSA) is 81.5 Å². The van der Waals surface area contributed by atoms with Crippen molar-refractivity contribution in [2.75, 3.05) is 24.7 Å². The number of carbonyl (C=O) groups excluding carboxylic acids is 1. The lowest BCUT2D eigenvalue weighted by Crippen LogP contribution is -2.45. The van der Waals surface area contributed by atoms with E-state index in [1.165, 1.54) is 0 Å². The Balaban J connectivity index is 1.55. The number of ether oxygens (including phenoxy) is 1. The van der Waals surface area contributed by atoms with Gasteiger partial charge in [0.2, 0.25) is 0 Å². The van der Waals surface area contributed by atoms with Crippen LogP contribution in [0.4, 0.5) is 0 Å². The molecule has 1 aromatic carbocycles. The average Bonchev–Trinajstić information content (AvgIpc) is 3.59. The maximum absolute atomic E-state index is 13.9. The van der Waals surface area contributed by atoms with E-state index in [9.17, 15) is 13.2 Å². The summed E-state index contributed by atoms with van der Waals surface area (Å²) in [5.74, 6) is -0.0876. The zero-order valence-electron chi connectivity index (χ0n) is 17.6. The molecule has 2 fully saturated rings. The molecule has 5 rings (SSSR count). The predicted molar refractivity (Wildman–Crippen MR) is 124 cm³/mol. The molecule has 2 aromatic heterocycles. The number of rotatable bonds is 6. The van der Waals surface area contributed by atoms with Gasteiger partial charge in [0.05, 0.1) is 28.2 Å². The number of sulfone groups is 1. The minimum absolute atomic E-state index is 0.00269. The molecule has 4 heterocycles. The predicted octanol–water partition coefficient (Wildman–Crippen LogP) is 3.41. The van der Waals surface area contributed by atoms with E-state index in [-0.39, 0.29) is 29.6 Å². The Bertz CT molecular complexity index is 1180. The molecule has 0 spiro atoms. The van der Waals surface area contributed by atoms with E-state index < -0.39 is 9.84 Å². The molecule has 0 N–H and O–H groups in total. The lowest BCUT2D eigenvalue weighted by molar-refractivity contribution is 0.0434. The van der Waals surface area contributed by atoms with Crippen LogP contribution in [0.5, 0.6) is 0 Å². The number of benzene rings is 1. The second-order valence-electron chi connectivity index (χ2n) is 8.29. The highest BCUT2D eigenvalue weighted by Crippen LogP contribution is 2.28. The number of para-hydroxylation sites is 1. The third-order valence-electron chi connectivity index (χ3n) is 6.04. The van der Waals surface area contributed by atoms with Crippen molar-refractivity contribution in [1.82, 2.24) is 14.7 Å². The van der Waals surface area contributed by atoms with Crippen LogP contribution >= 0.6 is 11.3 Å². The minimum atomic E-state index is -3.14. The Hall–Kier alpha value is -2.49. The lowest BCUT2D eigenvalue weighted by atomic mass is 10.1. The first-order valence-corrected chi connectivity index (χ1v) is 13.5. The summed E-state index contributed by atoms with van der Waals surface area (Å²) in [5, 5.41) is 6.72. The third-order valence-corrected chi connectivity index (χ3v) is 8.68. The molecular formula is C23H25N3O4S2. The van der Waals surface area contributed by atoms with Gasteiger partial charge in [0.1, 0.15) is 11.4 Å². The summed E-state index contributed by atoms with van der Waals surface area (Å²) >= 11 is 1.56. The zero-order valence-corrected chi connectivity index (χ0v) is 19.2. The van der Waals surface area contributed by atoms with Crippen LogP contribution in [0.3, 0.4) is 0 Å². The molecule has 0 saturated carbocycles. The van der Waals surface area contributed by atoms with E-state index in [1.54, 1.807) is 20.9 Å². The Morgan fingerprint density at radius 1 is 1.19 bits per heavy atom. The first-order valence-electron chi connectivity index (χ1n) is 10.8. The van der Waals surface area contributed by atoms with E-state index >= 15 is 0 Å². The smallest absolute Gasteiger partial charge is 0.272 e. The van der Waals surface area contributed by atoms with Gasteiger partial charge in [-0.05, 0) is 48.9 Å². The molecular weight excluding hydrogens is 446 g/mol. The van der Waals surface area contributed by atoms with Gasteiger partial charge in [0.15, 0.2) is 9.84 Å². The number of amides is 1. The van der Waals surface area contributed by atoms with Crippen molar-refractivity contribution in [2.45, 2.75) is 31.4 Å². The highest BCUT2D eigenvalue weighted by molar-refractivity contribution is 7.91. The van der Waals surface area contributed by atoms with Gasteiger partial charge >= 0.3 is 0 Å². The average molecular weight is 472 g/mol.